The fourth-order valence-corrected chi connectivity index (χ4v) is 2.32. The molecule has 1 aromatic carbocycles. The van der Waals surface area contributed by atoms with Crippen LogP contribution in [0.1, 0.15) is 35.6 Å². The van der Waals surface area contributed by atoms with Crippen molar-refractivity contribution in [1.29, 1.82) is 0 Å². The predicted molar refractivity (Wildman–Crippen MR) is 73.9 cm³/mol. The molecule has 0 spiro atoms. The first kappa shape index (κ1) is 12.6. The first-order valence-electron chi connectivity index (χ1n) is 6.46. The molecule has 1 aliphatic rings. The van der Waals surface area contributed by atoms with E-state index in [1.54, 1.807) is 12.1 Å². The predicted octanol–water partition coefficient (Wildman–Crippen LogP) is 2.25. The van der Waals surface area contributed by atoms with Crippen molar-refractivity contribution in [1.82, 2.24) is 15.0 Å². The highest BCUT2D eigenvalue weighted by molar-refractivity contribution is 5.58. The van der Waals surface area contributed by atoms with Crippen molar-refractivity contribution in [2.24, 2.45) is 0 Å². The molecule has 3 rings (SSSR count). The molecule has 0 amide bonds. The van der Waals surface area contributed by atoms with Gasteiger partial charge >= 0.3 is 0 Å². The van der Waals surface area contributed by atoms with Crippen molar-refractivity contribution in [3.63, 3.8) is 0 Å². The third kappa shape index (κ3) is 1.91. The Morgan fingerprint density at radius 2 is 2.00 bits per heavy atom. The van der Waals surface area contributed by atoms with E-state index in [9.17, 15) is 10.1 Å². The normalized spacial score (nSPS) is 14.5. The van der Waals surface area contributed by atoms with Gasteiger partial charge < -0.3 is 5.73 Å². The van der Waals surface area contributed by atoms with Gasteiger partial charge in [0.2, 0.25) is 0 Å². The number of anilines is 1. The standard InChI is InChI=1S/C13H15N5O2/c1-7-5-10(11(18(19)20)6-8(7)2)17-12(9-3-4-9)13(14)15-16-17/h5-6,9H,3-4,14H2,1-2H3. The molecule has 0 radical (unpaired) electrons. The molecule has 7 heteroatoms. The van der Waals surface area contributed by atoms with Crippen molar-refractivity contribution in [2.75, 3.05) is 5.73 Å². The second kappa shape index (κ2) is 4.29. The van der Waals surface area contributed by atoms with Gasteiger partial charge in [-0.15, -0.1) is 5.10 Å². The zero-order chi connectivity index (χ0) is 14.4. The Morgan fingerprint density at radius 3 is 2.60 bits per heavy atom. The van der Waals surface area contributed by atoms with Gasteiger partial charge in [0.25, 0.3) is 5.69 Å². The summed E-state index contributed by atoms with van der Waals surface area (Å²) >= 11 is 0. The van der Waals surface area contributed by atoms with Gasteiger partial charge in [-0.25, -0.2) is 4.68 Å². The van der Waals surface area contributed by atoms with Crippen molar-refractivity contribution >= 4 is 11.5 Å². The third-order valence-corrected chi connectivity index (χ3v) is 3.71. The molecule has 20 heavy (non-hydrogen) atoms. The first-order chi connectivity index (χ1) is 9.49. The summed E-state index contributed by atoms with van der Waals surface area (Å²) in [6.45, 7) is 3.77. The summed E-state index contributed by atoms with van der Waals surface area (Å²) in [5, 5.41) is 19.1. The fourth-order valence-electron chi connectivity index (χ4n) is 2.32. The summed E-state index contributed by atoms with van der Waals surface area (Å²) in [7, 11) is 0. The second-order valence-corrected chi connectivity index (χ2v) is 5.23. The number of nitro benzene ring substituents is 1. The topological polar surface area (TPSA) is 99.9 Å². The third-order valence-electron chi connectivity index (χ3n) is 3.71. The number of nitro groups is 1. The van der Waals surface area contributed by atoms with Gasteiger partial charge in [-0.1, -0.05) is 5.21 Å². The van der Waals surface area contributed by atoms with Gasteiger partial charge in [-0.3, -0.25) is 10.1 Å². The lowest BCUT2D eigenvalue weighted by Gasteiger charge is -2.09. The lowest BCUT2D eigenvalue weighted by atomic mass is 10.1. The highest BCUT2D eigenvalue weighted by Gasteiger charge is 2.33. The Bertz CT molecular complexity index is 703. The molecular formula is C13H15N5O2. The number of rotatable bonds is 3. The van der Waals surface area contributed by atoms with Crippen LogP contribution in [0.25, 0.3) is 5.69 Å². The molecule has 0 bridgehead atoms. The fraction of sp³-hybridized carbons (Fsp3) is 0.385. The quantitative estimate of drug-likeness (QED) is 0.682. The number of hydrogen-bond acceptors (Lipinski definition) is 5. The number of hydrogen-bond donors (Lipinski definition) is 1. The van der Waals surface area contributed by atoms with Crippen LogP contribution in [-0.4, -0.2) is 19.9 Å². The molecule has 0 aliphatic heterocycles. The molecule has 1 fully saturated rings. The molecule has 0 unspecified atom stereocenters. The Hall–Kier alpha value is -2.44. The highest BCUT2D eigenvalue weighted by atomic mass is 16.6. The van der Waals surface area contributed by atoms with E-state index in [2.05, 4.69) is 10.3 Å². The molecule has 1 aliphatic carbocycles. The van der Waals surface area contributed by atoms with Crippen LogP contribution in [0.3, 0.4) is 0 Å². The van der Waals surface area contributed by atoms with E-state index in [1.165, 1.54) is 4.68 Å². The van der Waals surface area contributed by atoms with Gasteiger partial charge in [0, 0.05) is 12.0 Å². The molecular weight excluding hydrogens is 258 g/mol. The maximum Gasteiger partial charge on any atom is 0.295 e. The lowest BCUT2D eigenvalue weighted by Crippen LogP contribution is -2.07. The average Bonchev–Trinajstić information content (AvgIpc) is 3.15. The van der Waals surface area contributed by atoms with E-state index in [0.29, 0.717) is 17.4 Å². The molecule has 0 atom stereocenters. The summed E-state index contributed by atoms with van der Waals surface area (Å²) in [4.78, 5) is 10.9. The van der Waals surface area contributed by atoms with Crippen molar-refractivity contribution in [3.8, 4) is 5.69 Å². The molecule has 7 nitrogen and oxygen atoms in total. The van der Waals surface area contributed by atoms with E-state index < -0.39 is 4.92 Å². The summed E-state index contributed by atoms with van der Waals surface area (Å²) in [5.41, 5.74) is 8.95. The Morgan fingerprint density at radius 1 is 1.35 bits per heavy atom. The maximum absolute atomic E-state index is 11.3. The minimum atomic E-state index is -0.393. The maximum atomic E-state index is 11.3. The van der Waals surface area contributed by atoms with E-state index in [0.717, 1.165) is 29.7 Å². The van der Waals surface area contributed by atoms with Gasteiger partial charge in [0.15, 0.2) is 5.82 Å². The summed E-state index contributed by atoms with van der Waals surface area (Å²) < 4.78 is 1.53. The Balaban J connectivity index is 2.24. The van der Waals surface area contributed by atoms with E-state index >= 15 is 0 Å². The molecule has 0 saturated heterocycles. The molecule has 1 heterocycles. The molecule has 1 saturated carbocycles. The van der Waals surface area contributed by atoms with E-state index in [1.807, 2.05) is 13.8 Å². The average molecular weight is 273 g/mol. The summed E-state index contributed by atoms with van der Waals surface area (Å²) in [6.07, 6.45) is 2.05. The minimum Gasteiger partial charge on any atom is -0.381 e. The Labute approximate surface area is 115 Å². The zero-order valence-electron chi connectivity index (χ0n) is 11.3. The number of nitrogens with zero attached hydrogens (tertiary/aromatic N) is 4. The second-order valence-electron chi connectivity index (χ2n) is 5.23. The first-order valence-corrected chi connectivity index (χ1v) is 6.46. The minimum absolute atomic E-state index is 0.0277. The van der Waals surface area contributed by atoms with Crippen LogP contribution >= 0.6 is 0 Å². The number of aromatic nitrogens is 3. The van der Waals surface area contributed by atoms with Crippen molar-refractivity contribution < 1.29 is 4.92 Å². The van der Waals surface area contributed by atoms with Crippen LogP contribution in [0.4, 0.5) is 11.5 Å². The molecule has 104 valence electrons. The molecule has 2 aromatic rings. The summed E-state index contributed by atoms with van der Waals surface area (Å²) in [6, 6.07) is 3.34. The number of benzene rings is 1. The van der Waals surface area contributed by atoms with Crippen LogP contribution in [0, 0.1) is 24.0 Å². The molecule has 2 N–H and O–H groups in total. The van der Waals surface area contributed by atoms with E-state index in [-0.39, 0.29) is 5.69 Å². The summed E-state index contributed by atoms with van der Waals surface area (Å²) in [5.74, 6) is 0.672. The number of aryl methyl sites for hydroxylation is 2. The monoisotopic (exact) mass is 273 g/mol. The smallest absolute Gasteiger partial charge is 0.295 e. The SMILES string of the molecule is Cc1cc(-n2nnc(N)c2C2CC2)c([N+](=O)[O-])cc1C. The van der Waals surface area contributed by atoms with Crippen molar-refractivity contribution in [3.05, 3.63) is 39.1 Å². The van der Waals surface area contributed by atoms with Gasteiger partial charge in [0.1, 0.15) is 5.69 Å². The Kier molecular flexibility index (Phi) is 2.70. The largest absolute Gasteiger partial charge is 0.381 e. The number of nitrogen functional groups attached to an aromatic ring is 1. The number of nitrogens with two attached hydrogens (primary N) is 1. The molecule has 1 aromatic heterocycles. The highest BCUT2D eigenvalue weighted by Crippen LogP contribution is 2.43. The van der Waals surface area contributed by atoms with Crippen LogP contribution in [0.2, 0.25) is 0 Å². The zero-order valence-corrected chi connectivity index (χ0v) is 11.3. The van der Waals surface area contributed by atoms with Crippen molar-refractivity contribution in [2.45, 2.75) is 32.6 Å². The van der Waals surface area contributed by atoms with Crippen LogP contribution in [0.5, 0.6) is 0 Å². The van der Waals surface area contributed by atoms with Crippen LogP contribution in [-0.2, 0) is 0 Å². The van der Waals surface area contributed by atoms with Gasteiger partial charge in [-0.05, 0) is 43.9 Å². The van der Waals surface area contributed by atoms with Gasteiger partial charge in [0.05, 0.1) is 10.6 Å². The van der Waals surface area contributed by atoms with E-state index in [4.69, 9.17) is 5.73 Å². The van der Waals surface area contributed by atoms with Crippen LogP contribution in [0.15, 0.2) is 12.1 Å². The van der Waals surface area contributed by atoms with Crippen LogP contribution < -0.4 is 5.73 Å². The lowest BCUT2D eigenvalue weighted by molar-refractivity contribution is -0.384. The van der Waals surface area contributed by atoms with Gasteiger partial charge in [-0.2, -0.15) is 0 Å².